The topological polar surface area (TPSA) is 30.2 Å². The number of aromatic nitrogens is 2. The van der Waals surface area contributed by atoms with Gasteiger partial charge in [0.1, 0.15) is 0 Å². The lowest BCUT2D eigenvalue weighted by Crippen LogP contribution is -2.13. The molecule has 2 rings (SSSR count). The van der Waals surface area contributed by atoms with Crippen molar-refractivity contribution in [2.75, 3.05) is 6.54 Å². The summed E-state index contributed by atoms with van der Waals surface area (Å²) >= 11 is 0. The van der Waals surface area contributed by atoms with Gasteiger partial charge in [0.2, 0.25) is 0 Å². The van der Waals surface area contributed by atoms with Gasteiger partial charge in [-0.3, -0.25) is 4.99 Å². The van der Waals surface area contributed by atoms with Gasteiger partial charge in [-0.2, -0.15) is 18.3 Å². The molecular weight excluding hydrogens is 327 g/mol. The molecule has 0 amide bonds. The number of benzene rings is 1. The maximum absolute atomic E-state index is 13.0. The minimum Gasteiger partial charge on any atom is -0.294 e. The predicted molar refractivity (Wildman–Crippen MR) is 94.8 cm³/mol. The highest BCUT2D eigenvalue weighted by Crippen LogP contribution is 2.34. The third-order valence-corrected chi connectivity index (χ3v) is 4.18. The van der Waals surface area contributed by atoms with Crippen LogP contribution in [-0.2, 0) is 6.18 Å². The van der Waals surface area contributed by atoms with Gasteiger partial charge in [0.25, 0.3) is 0 Å². The van der Waals surface area contributed by atoms with Gasteiger partial charge < -0.3 is 0 Å². The number of hydrogen-bond acceptors (Lipinski definition) is 2. The van der Waals surface area contributed by atoms with E-state index in [1.165, 1.54) is 12.1 Å². The second-order valence-electron chi connectivity index (χ2n) is 6.77. The van der Waals surface area contributed by atoms with Gasteiger partial charge in [-0.05, 0) is 63.4 Å². The van der Waals surface area contributed by atoms with E-state index in [0.717, 1.165) is 17.0 Å². The minimum atomic E-state index is -4.35. The number of aliphatic imine (C=N–C) groups is 1. The lowest BCUT2D eigenvalue weighted by atomic mass is 10.0. The van der Waals surface area contributed by atoms with E-state index in [9.17, 15) is 13.2 Å². The maximum Gasteiger partial charge on any atom is 0.416 e. The average molecular weight is 351 g/mol. The van der Waals surface area contributed by atoms with E-state index in [1.54, 1.807) is 24.7 Å². The van der Waals surface area contributed by atoms with E-state index in [2.05, 4.69) is 17.0 Å². The summed E-state index contributed by atoms with van der Waals surface area (Å²) in [5.74, 6) is 0.110. The Balaban J connectivity index is 2.56. The first-order chi connectivity index (χ1) is 11.5. The van der Waals surface area contributed by atoms with Gasteiger partial charge >= 0.3 is 6.18 Å². The fourth-order valence-corrected chi connectivity index (χ4v) is 3.07. The first-order valence-electron chi connectivity index (χ1n) is 8.23. The summed E-state index contributed by atoms with van der Waals surface area (Å²) in [5.41, 5.74) is 4.18. The largest absolute Gasteiger partial charge is 0.416 e. The van der Waals surface area contributed by atoms with Crippen LogP contribution in [0.15, 0.2) is 23.3 Å². The van der Waals surface area contributed by atoms with Crippen molar-refractivity contribution in [2.24, 2.45) is 4.99 Å². The van der Waals surface area contributed by atoms with E-state index in [1.807, 2.05) is 20.8 Å². The lowest BCUT2D eigenvalue weighted by molar-refractivity contribution is -0.137. The smallest absolute Gasteiger partial charge is 0.294 e. The maximum atomic E-state index is 13.0. The fourth-order valence-electron chi connectivity index (χ4n) is 3.07. The Morgan fingerprint density at radius 3 is 2.16 bits per heavy atom. The van der Waals surface area contributed by atoms with E-state index >= 15 is 0 Å². The average Bonchev–Trinajstić information content (AvgIpc) is 2.84. The van der Waals surface area contributed by atoms with Gasteiger partial charge in [0.15, 0.2) is 0 Å². The van der Waals surface area contributed by atoms with Crippen LogP contribution in [0.5, 0.6) is 0 Å². The zero-order chi connectivity index (χ0) is 18.9. The van der Waals surface area contributed by atoms with Crippen molar-refractivity contribution in [3.63, 3.8) is 0 Å². The van der Waals surface area contributed by atoms with Crippen LogP contribution in [0.1, 0.15) is 54.6 Å². The van der Waals surface area contributed by atoms with Crippen LogP contribution < -0.4 is 0 Å². The van der Waals surface area contributed by atoms with E-state index in [0.29, 0.717) is 23.4 Å². The van der Waals surface area contributed by atoms with Gasteiger partial charge in [0, 0.05) is 18.2 Å². The first-order valence-corrected chi connectivity index (χ1v) is 8.23. The quantitative estimate of drug-likeness (QED) is 0.678. The number of aryl methyl sites for hydroxylation is 3. The molecular formula is C19H24F3N3. The summed E-state index contributed by atoms with van der Waals surface area (Å²) in [7, 11) is 0. The number of nitrogens with zero attached hydrogens (tertiary/aromatic N) is 3. The molecule has 0 aliphatic heterocycles. The molecule has 136 valence electrons. The second kappa shape index (κ2) is 7.02. The molecule has 0 saturated carbocycles. The van der Waals surface area contributed by atoms with Crippen molar-refractivity contribution >= 4 is 5.71 Å². The van der Waals surface area contributed by atoms with Gasteiger partial charge in [0.05, 0.1) is 23.1 Å². The Bertz CT molecular complexity index is 774. The molecule has 0 radical (unpaired) electrons. The molecule has 1 aromatic heterocycles. The van der Waals surface area contributed by atoms with Crippen LogP contribution in [0, 0.1) is 20.8 Å². The second-order valence-corrected chi connectivity index (χ2v) is 6.77. The summed E-state index contributed by atoms with van der Waals surface area (Å²) in [6.07, 6.45) is -2.59. The van der Waals surface area contributed by atoms with Crippen molar-refractivity contribution in [1.29, 1.82) is 0 Å². The summed E-state index contributed by atoms with van der Waals surface area (Å²) < 4.78 is 40.9. The van der Waals surface area contributed by atoms with Gasteiger partial charge in [-0.15, -0.1) is 0 Å². The molecule has 2 aromatic rings. The molecule has 25 heavy (non-hydrogen) atoms. The Morgan fingerprint density at radius 2 is 1.68 bits per heavy atom. The van der Waals surface area contributed by atoms with E-state index in [4.69, 9.17) is 0 Å². The molecule has 6 heteroatoms. The number of rotatable bonds is 4. The molecule has 1 atom stereocenters. The van der Waals surface area contributed by atoms with Crippen molar-refractivity contribution in [2.45, 2.75) is 53.6 Å². The van der Waals surface area contributed by atoms with Crippen LogP contribution in [0.2, 0.25) is 0 Å². The predicted octanol–water partition coefficient (Wildman–Crippen LogP) is 5.40. The summed E-state index contributed by atoms with van der Waals surface area (Å²) in [5, 5.41) is 4.43. The third kappa shape index (κ3) is 4.11. The van der Waals surface area contributed by atoms with Crippen molar-refractivity contribution < 1.29 is 13.2 Å². The highest BCUT2D eigenvalue weighted by atomic mass is 19.4. The molecule has 0 bridgehead atoms. The molecule has 1 aromatic carbocycles. The molecule has 0 aliphatic carbocycles. The zero-order valence-corrected chi connectivity index (χ0v) is 15.5. The summed E-state index contributed by atoms with van der Waals surface area (Å²) in [4.78, 5) is 4.47. The molecule has 0 spiro atoms. The van der Waals surface area contributed by atoms with Gasteiger partial charge in [-0.1, -0.05) is 6.92 Å². The fraction of sp³-hybridized carbons (Fsp3) is 0.474. The van der Waals surface area contributed by atoms with Crippen LogP contribution in [-0.4, -0.2) is 22.0 Å². The Hall–Kier alpha value is -2.11. The van der Waals surface area contributed by atoms with Crippen LogP contribution in [0.3, 0.4) is 0 Å². The van der Waals surface area contributed by atoms with Crippen molar-refractivity contribution in [3.05, 3.63) is 46.3 Å². The molecule has 0 saturated heterocycles. The minimum absolute atomic E-state index is 0.110. The van der Waals surface area contributed by atoms with Crippen molar-refractivity contribution in [3.8, 4) is 5.69 Å². The van der Waals surface area contributed by atoms with Crippen LogP contribution in [0.4, 0.5) is 13.2 Å². The molecule has 3 nitrogen and oxygen atoms in total. The highest BCUT2D eigenvalue weighted by molar-refractivity contribution is 5.79. The molecule has 0 fully saturated rings. The lowest BCUT2D eigenvalue weighted by Gasteiger charge is -2.19. The van der Waals surface area contributed by atoms with Gasteiger partial charge in [-0.25, -0.2) is 4.68 Å². The standard InChI is InChI=1S/C19H24F3N3/c1-11(2)23-9-14(5)18-15(6)10-24-25(18)17-12(3)7-16(8-13(17)4)19(20,21)22/h7-8,10,14H,9H2,1-6H3. The van der Waals surface area contributed by atoms with Crippen LogP contribution >= 0.6 is 0 Å². The zero-order valence-electron chi connectivity index (χ0n) is 15.5. The van der Waals surface area contributed by atoms with E-state index in [-0.39, 0.29) is 5.92 Å². The SMILES string of the molecule is CC(C)=NCC(C)c1c(C)cnn1-c1c(C)cc(C(F)(F)F)cc1C. The molecule has 0 aliphatic rings. The molecule has 1 heterocycles. The highest BCUT2D eigenvalue weighted by Gasteiger charge is 2.32. The Labute approximate surface area is 146 Å². The number of hydrogen-bond donors (Lipinski definition) is 0. The Kier molecular flexibility index (Phi) is 5.40. The number of halogens is 3. The summed E-state index contributed by atoms with van der Waals surface area (Å²) in [6, 6.07) is 2.37. The molecule has 0 N–H and O–H groups in total. The monoisotopic (exact) mass is 351 g/mol. The van der Waals surface area contributed by atoms with Crippen molar-refractivity contribution in [1.82, 2.24) is 9.78 Å². The summed E-state index contributed by atoms with van der Waals surface area (Å²) in [6.45, 7) is 11.9. The Morgan fingerprint density at radius 1 is 1.12 bits per heavy atom. The third-order valence-electron chi connectivity index (χ3n) is 4.18. The van der Waals surface area contributed by atoms with E-state index < -0.39 is 11.7 Å². The van der Waals surface area contributed by atoms with Crippen LogP contribution in [0.25, 0.3) is 5.69 Å². The molecule has 1 unspecified atom stereocenters. The normalized spacial score (nSPS) is 13.0. The first kappa shape index (κ1) is 19.2. The number of alkyl halides is 3.